The van der Waals surface area contributed by atoms with Crippen LogP contribution in [0.3, 0.4) is 0 Å². The molecule has 4 rings (SSSR count). The van der Waals surface area contributed by atoms with Crippen LogP contribution in [0.1, 0.15) is 41.2 Å². The van der Waals surface area contributed by atoms with Crippen molar-refractivity contribution in [3.63, 3.8) is 0 Å². The zero-order valence-corrected chi connectivity index (χ0v) is 19.0. The molecule has 3 heterocycles. The maximum atomic E-state index is 11.1. The molecule has 0 saturated carbocycles. The highest BCUT2D eigenvalue weighted by Gasteiger charge is 2.33. The molecule has 1 fully saturated rings. The second kappa shape index (κ2) is 8.85. The van der Waals surface area contributed by atoms with Crippen molar-refractivity contribution in [2.45, 2.75) is 58.8 Å². The van der Waals surface area contributed by atoms with Crippen LogP contribution in [0.25, 0.3) is 0 Å². The summed E-state index contributed by atoms with van der Waals surface area (Å²) >= 11 is 0. The van der Waals surface area contributed by atoms with Gasteiger partial charge in [0.2, 0.25) is 0 Å². The van der Waals surface area contributed by atoms with E-state index in [1.807, 2.05) is 29.3 Å². The quantitative estimate of drug-likeness (QED) is 0.633. The van der Waals surface area contributed by atoms with E-state index in [0.717, 1.165) is 61.0 Å². The molecule has 3 aromatic rings. The van der Waals surface area contributed by atoms with Gasteiger partial charge in [-0.1, -0.05) is 6.07 Å². The minimum absolute atomic E-state index is 0.613. The third-order valence-electron chi connectivity index (χ3n) is 6.35. The zero-order valence-electron chi connectivity index (χ0n) is 19.0. The molecule has 31 heavy (non-hydrogen) atoms. The van der Waals surface area contributed by atoms with Crippen molar-refractivity contribution in [1.29, 1.82) is 0 Å². The number of benzene rings is 1. The van der Waals surface area contributed by atoms with Gasteiger partial charge in [0.25, 0.3) is 0 Å². The number of rotatable bonds is 7. The monoisotopic (exact) mass is 423 g/mol. The largest absolute Gasteiger partial charge is 0.496 e. The predicted octanol–water partition coefficient (Wildman–Crippen LogP) is 3.09. The number of ether oxygens (including phenoxy) is 1. The number of methoxy groups -OCH3 is 1. The molecule has 7 heteroatoms. The number of likely N-dealkylation sites (tertiary alicyclic amines) is 1. The van der Waals surface area contributed by atoms with Crippen LogP contribution in [-0.4, -0.2) is 55.1 Å². The number of aromatic nitrogens is 4. The first-order valence-electron chi connectivity index (χ1n) is 10.9. The van der Waals surface area contributed by atoms with Gasteiger partial charge in [0, 0.05) is 43.3 Å². The summed E-state index contributed by atoms with van der Waals surface area (Å²) in [5, 5.41) is 15.6. The Labute approximate surface area is 184 Å². The molecule has 0 spiro atoms. The average Bonchev–Trinajstić information content (AvgIpc) is 3.28. The molecular formula is C24H33N5O2. The summed E-state index contributed by atoms with van der Waals surface area (Å²) in [5.41, 5.74) is 3.90. The second-order valence-corrected chi connectivity index (χ2v) is 8.83. The minimum Gasteiger partial charge on any atom is -0.496 e. The molecular weight excluding hydrogens is 390 g/mol. The van der Waals surface area contributed by atoms with E-state index in [-0.39, 0.29) is 0 Å². The van der Waals surface area contributed by atoms with Gasteiger partial charge >= 0.3 is 0 Å². The Balaban J connectivity index is 1.40. The van der Waals surface area contributed by atoms with Crippen molar-refractivity contribution in [2.75, 3.05) is 20.2 Å². The molecule has 0 bridgehead atoms. The first-order chi connectivity index (χ1) is 14.8. The van der Waals surface area contributed by atoms with Crippen molar-refractivity contribution in [2.24, 2.45) is 0 Å². The number of aryl methyl sites for hydroxylation is 3. The summed E-state index contributed by atoms with van der Waals surface area (Å²) in [5.74, 6) is 1.84. The van der Waals surface area contributed by atoms with E-state index in [1.54, 1.807) is 13.3 Å². The Kier molecular flexibility index (Phi) is 6.16. The van der Waals surface area contributed by atoms with Crippen LogP contribution < -0.4 is 4.74 Å². The molecule has 0 amide bonds. The zero-order chi connectivity index (χ0) is 22.0. The second-order valence-electron chi connectivity index (χ2n) is 8.83. The molecule has 1 N–H and O–H groups in total. The number of hydrogen-bond donors (Lipinski definition) is 1. The fourth-order valence-corrected chi connectivity index (χ4v) is 4.48. The minimum atomic E-state index is -0.664. The molecule has 7 nitrogen and oxygen atoms in total. The Morgan fingerprint density at radius 3 is 2.48 bits per heavy atom. The van der Waals surface area contributed by atoms with Crippen LogP contribution in [0, 0.1) is 20.8 Å². The summed E-state index contributed by atoms with van der Waals surface area (Å²) in [6.07, 6.45) is 5.27. The van der Waals surface area contributed by atoms with Gasteiger partial charge in [0.05, 0.1) is 31.5 Å². The van der Waals surface area contributed by atoms with E-state index >= 15 is 0 Å². The van der Waals surface area contributed by atoms with Gasteiger partial charge in [-0.05, 0) is 57.4 Å². The topological polar surface area (TPSA) is 68.3 Å². The standard InChI is InChI=1S/C24H33N5O2/c1-18-13-19(2)29(26-18)16-22-14-21(5-6-23(22)31-4)15-27-10-7-24(30,8-11-27)17-28-12-9-25-20(28)3/h5-6,9,12-14,30H,7-8,10-11,15-17H2,1-4H3. The van der Waals surface area contributed by atoms with Gasteiger partial charge in [-0.25, -0.2) is 4.98 Å². The molecule has 0 unspecified atom stereocenters. The first-order valence-corrected chi connectivity index (χ1v) is 10.9. The summed E-state index contributed by atoms with van der Waals surface area (Å²) < 4.78 is 9.67. The van der Waals surface area contributed by atoms with Crippen molar-refractivity contribution >= 4 is 0 Å². The lowest BCUT2D eigenvalue weighted by atomic mass is 9.91. The molecule has 1 aliphatic rings. The van der Waals surface area contributed by atoms with Crippen LogP contribution in [-0.2, 0) is 19.6 Å². The van der Waals surface area contributed by atoms with E-state index in [1.165, 1.54) is 5.56 Å². The molecule has 166 valence electrons. The maximum Gasteiger partial charge on any atom is 0.123 e. The molecule has 1 aliphatic heterocycles. The summed E-state index contributed by atoms with van der Waals surface area (Å²) in [4.78, 5) is 6.69. The fraction of sp³-hybridized carbons (Fsp3) is 0.500. The Hall–Kier alpha value is -2.64. The summed E-state index contributed by atoms with van der Waals surface area (Å²) in [6, 6.07) is 8.51. The van der Waals surface area contributed by atoms with Crippen molar-refractivity contribution in [1.82, 2.24) is 24.2 Å². The van der Waals surface area contributed by atoms with Crippen LogP contribution in [0.5, 0.6) is 5.75 Å². The van der Waals surface area contributed by atoms with Crippen LogP contribution >= 0.6 is 0 Å². The van der Waals surface area contributed by atoms with Gasteiger partial charge in [0.15, 0.2) is 0 Å². The molecule has 0 radical (unpaired) electrons. The number of piperidine rings is 1. The Morgan fingerprint density at radius 2 is 1.87 bits per heavy atom. The smallest absolute Gasteiger partial charge is 0.123 e. The number of imidazole rings is 1. The van der Waals surface area contributed by atoms with Gasteiger partial charge < -0.3 is 14.4 Å². The maximum absolute atomic E-state index is 11.1. The number of aliphatic hydroxyl groups is 1. The van der Waals surface area contributed by atoms with Gasteiger partial charge in [-0.3, -0.25) is 9.58 Å². The third-order valence-corrected chi connectivity index (χ3v) is 6.35. The fourth-order valence-electron chi connectivity index (χ4n) is 4.48. The molecule has 0 atom stereocenters. The van der Waals surface area contributed by atoms with E-state index in [2.05, 4.69) is 46.2 Å². The highest BCUT2D eigenvalue weighted by Crippen LogP contribution is 2.27. The average molecular weight is 424 g/mol. The number of nitrogens with zero attached hydrogens (tertiary/aromatic N) is 5. The summed E-state index contributed by atoms with van der Waals surface area (Å²) in [7, 11) is 1.72. The normalized spacial score (nSPS) is 16.5. The van der Waals surface area contributed by atoms with Crippen LogP contribution in [0.2, 0.25) is 0 Å². The first kappa shape index (κ1) is 21.6. The highest BCUT2D eigenvalue weighted by atomic mass is 16.5. The van der Waals surface area contributed by atoms with Gasteiger partial charge in [0.1, 0.15) is 11.6 Å². The highest BCUT2D eigenvalue weighted by molar-refractivity contribution is 5.37. The Morgan fingerprint density at radius 1 is 1.10 bits per heavy atom. The van der Waals surface area contributed by atoms with Gasteiger partial charge in [-0.2, -0.15) is 5.10 Å². The van der Waals surface area contributed by atoms with Crippen molar-refractivity contribution in [3.8, 4) is 5.75 Å². The van der Waals surface area contributed by atoms with Crippen molar-refractivity contribution < 1.29 is 9.84 Å². The van der Waals surface area contributed by atoms with Crippen molar-refractivity contribution in [3.05, 3.63) is 65.0 Å². The SMILES string of the molecule is COc1ccc(CN2CCC(O)(Cn3ccnc3C)CC2)cc1Cn1nc(C)cc1C. The molecule has 1 aromatic carbocycles. The van der Waals surface area contributed by atoms with Crippen LogP contribution in [0.15, 0.2) is 36.7 Å². The van der Waals surface area contributed by atoms with E-state index < -0.39 is 5.60 Å². The predicted molar refractivity (Wildman–Crippen MR) is 120 cm³/mol. The lowest BCUT2D eigenvalue weighted by molar-refractivity contribution is -0.0361. The molecule has 2 aromatic heterocycles. The molecule has 1 saturated heterocycles. The Bertz CT molecular complexity index is 1030. The van der Waals surface area contributed by atoms with Crippen LogP contribution in [0.4, 0.5) is 0 Å². The lowest BCUT2D eigenvalue weighted by Crippen LogP contribution is -2.46. The van der Waals surface area contributed by atoms with E-state index in [9.17, 15) is 5.11 Å². The van der Waals surface area contributed by atoms with Gasteiger partial charge in [-0.15, -0.1) is 0 Å². The van der Waals surface area contributed by atoms with E-state index in [4.69, 9.17) is 4.74 Å². The molecule has 0 aliphatic carbocycles. The lowest BCUT2D eigenvalue weighted by Gasteiger charge is -2.38. The number of hydrogen-bond acceptors (Lipinski definition) is 5. The summed E-state index contributed by atoms with van der Waals surface area (Å²) in [6.45, 7) is 10.0. The van der Waals surface area contributed by atoms with E-state index in [0.29, 0.717) is 13.1 Å². The third kappa shape index (κ3) is 4.99.